The first-order valence-electron chi connectivity index (χ1n) is 6.05. The van der Waals surface area contributed by atoms with Crippen LogP contribution in [0, 0.1) is 0 Å². The van der Waals surface area contributed by atoms with E-state index in [9.17, 15) is 4.79 Å². The second-order valence-corrected chi connectivity index (χ2v) is 4.22. The van der Waals surface area contributed by atoms with Crippen molar-refractivity contribution < 1.29 is 4.79 Å². The van der Waals surface area contributed by atoms with E-state index in [1.807, 2.05) is 18.2 Å². The smallest absolute Gasteiger partial charge is 0.228 e. The molecule has 0 saturated carbocycles. The lowest BCUT2D eigenvalue weighted by molar-refractivity contribution is -0.118. The van der Waals surface area contributed by atoms with Crippen LogP contribution < -0.4 is 10.6 Å². The summed E-state index contributed by atoms with van der Waals surface area (Å²) in [6.07, 6.45) is 4.29. The number of hydrogen-bond acceptors (Lipinski definition) is 4. The molecule has 5 heteroatoms. The van der Waals surface area contributed by atoms with Gasteiger partial charge in [0.25, 0.3) is 0 Å². The van der Waals surface area contributed by atoms with Crippen molar-refractivity contribution in [1.82, 2.24) is 9.97 Å². The van der Waals surface area contributed by atoms with Gasteiger partial charge in [-0.3, -0.25) is 14.7 Å². The third-order valence-electron chi connectivity index (χ3n) is 2.81. The number of carbonyl (C=O) groups is 1. The molecular formula is C14H16N4O. The SMILES string of the molecule is CN(C(=O)CCc1ccccn1)c1ccc(N)cn1. The summed E-state index contributed by atoms with van der Waals surface area (Å²) in [6, 6.07) is 9.14. The lowest BCUT2D eigenvalue weighted by Crippen LogP contribution is -2.27. The van der Waals surface area contributed by atoms with E-state index in [1.165, 1.54) is 11.1 Å². The van der Waals surface area contributed by atoms with E-state index >= 15 is 0 Å². The van der Waals surface area contributed by atoms with Crippen LogP contribution in [0.15, 0.2) is 42.7 Å². The largest absolute Gasteiger partial charge is 0.397 e. The summed E-state index contributed by atoms with van der Waals surface area (Å²) in [5.41, 5.74) is 7.06. The number of carbonyl (C=O) groups excluding carboxylic acids is 1. The maximum absolute atomic E-state index is 12.0. The van der Waals surface area contributed by atoms with Gasteiger partial charge in [-0.1, -0.05) is 6.07 Å². The third kappa shape index (κ3) is 3.51. The molecule has 0 aliphatic rings. The quantitative estimate of drug-likeness (QED) is 0.902. The Labute approximate surface area is 112 Å². The minimum absolute atomic E-state index is 0.00271. The highest BCUT2D eigenvalue weighted by Gasteiger charge is 2.12. The molecule has 0 atom stereocenters. The molecule has 2 aromatic heterocycles. The number of nitrogens with zero attached hydrogens (tertiary/aromatic N) is 3. The molecule has 1 amide bonds. The molecule has 2 rings (SSSR count). The maximum atomic E-state index is 12.0. The van der Waals surface area contributed by atoms with Crippen molar-refractivity contribution in [1.29, 1.82) is 0 Å². The number of nitrogen functional groups attached to an aromatic ring is 1. The molecule has 0 radical (unpaired) electrons. The van der Waals surface area contributed by atoms with Crippen LogP contribution in [-0.2, 0) is 11.2 Å². The van der Waals surface area contributed by atoms with Gasteiger partial charge in [-0.2, -0.15) is 0 Å². The van der Waals surface area contributed by atoms with E-state index in [0.29, 0.717) is 24.3 Å². The summed E-state index contributed by atoms with van der Waals surface area (Å²) in [6.45, 7) is 0. The Hall–Kier alpha value is -2.43. The van der Waals surface area contributed by atoms with Gasteiger partial charge < -0.3 is 5.73 Å². The van der Waals surface area contributed by atoms with Crippen molar-refractivity contribution in [2.24, 2.45) is 0 Å². The fraction of sp³-hybridized carbons (Fsp3) is 0.214. The predicted molar refractivity (Wildman–Crippen MR) is 74.6 cm³/mol. The summed E-state index contributed by atoms with van der Waals surface area (Å²) in [4.78, 5) is 21.9. The van der Waals surface area contributed by atoms with Crippen molar-refractivity contribution in [2.75, 3.05) is 17.7 Å². The average Bonchev–Trinajstić information content (AvgIpc) is 2.46. The highest BCUT2D eigenvalue weighted by molar-refractivity contribution is 5.91. The monoisotopic (exact) mass is 256 g/mol. The first kappa shape index (κ1) is 13.0. The van der Waals surface area contributed by atoms with Gasteiger partial charge >= 0.3 is 0 Å². The average molecular weight is 256 g/mol. The number of amides is 1. The van der Waals surface area contributed by atoms with E-state index in [0.717, 1.165) is 5.69 Å². The molecule has 0 aromatic carbocycles. The van der Waals surface area contributed by atoms with Crippen molar-refractivity contribution >= 4 is 17.4 Å². The molecule has 19 heavy (non-hydrogen) atoms. The summed E-state index contributed by atoms with van der Waals surface area (Å²) < 4.78 is 0. The van der Waals surface area contributed by atoms with Crippen LogP contribution in [0.25, 0.3) is 0 Å². The van der Waals surface area contributed by atoms with Gasteiger partial charge in [0.1, 0.15) is 5.82 Å². The molecule has 0 bridgehead atoms. The van der Waals surface area contributed by atoms with Gasteiger partial charge in [-0.05, 0) is 30.7 Å². The fourth-order valence-corrected chi connectivity index (χ4v) is 1.67. The lowest BCUT2D eigenvalue weighted by Gasteiger charge is -2.16. The van der Waals surface area contributed by atoms with E-state index < -0.39 is 0 Å². The van der Waals surface area contributed by atoms with E-state index in [4.69, 9.17) is 5.73 Å². The van der Waals surface area contributed by atoms with Crippen LogP contribution in [0.2, 0.25) is 0 Å². The molecule has 0 aliphatic heterocycles. The van der Waals surface area contributed by atoms with Crippen molar-refractivity contribution in [2.45, 2.75) is 12.8 Å². The van der Waals surface area contributed by atoms with Gasteiger partial charge in [0.2, 0.25) is 5.91 Å². The highest BCUT2D eigenvalue weighted by atomic mass is 16.2. The van der Waals surface area contributed by atoms with E-state index in [1.54, 1.807) is 25.4 Å². The molecule has 2 N–H and O–H groups in total. The molecule has 5 nitrogen and oxygen atoms in total. The Morgan fingerprint density at radius 3 is 2.74 bits per heavy atom. The molecular weight excluding hydrogens is 240 g/mol. The second-order valence-electron chi connectivity index (χ2n) is 4.22. The summed E-state index contributed by atoms with van der Waals surface area (Å²) in [5, 5.41) is 0. The van der Waals surface area contributed by atoms with Gasteiger partial charge in [0, 0.05) is 25.4 Å². The van der Waals surface area contributed by atoms with Gasteiger partial charge in [0.15, 0.2) is 0 Å². The van der Waals surface area contributed by atoms with Crippen LogP contribution in [0.3, 0.4) is 0 Å². The molecule has 0 spiro atoms. The standard InChI is InChI=1S/C14H16N4O/c1-18(13-7-5-11(15)10-17-13)14(19)8-6-12-4-2-3-9-16-12/h2-5,7,9-10H,6,8,15H2,1H3. The molecule has 2 heterocycles. The number of anilines is 2. The molecule has 98 valence electrons. The first-order valence-corrected chi connectivity index (χ1v) is 6.05. The number of rotatable bonds is 4. The minimum Gasteiger partial charge on any atom is -0.397 e. The highest BCUT2D eigenvalue weighted by Crippen LogP contribution is 2.12. The fourth-order valence-electron chi connectivity index (χ4n) is 1.67. The van der Waals surface area contributed by atoms with Crippen molar-refractivity contribution in [3.05, 3.63) is 48.4 Å². The maximum Gasteiger partial charge on any atom is 0.228 e. The topological polar surface area (TPSA) is 72.1 Å². The number of pyridine rings is 2. The number of aromatic nitrogens is 2. The number of aryl methyl sites for hydroxylation is 1. The van der Waals surface area contributed by atoms with Gasteiger partial charge in [-0.25, -0.2) is 4.98 Å². The molecule has 2 aromatic rings. The first-order chi connectivity index (χ1) is 9.16. The molecule has 0 saturated heterocycles. The Kier molecular flexibility index (Phi) is 4.07. The Morgan fingerprint density at radius 2 is 2.11 bits per heavy atom. The van der Waals surface area contributed by atoms with Crippen LogP contribution in [0.5, 0.6) is 0 Å². The van der Waals surface area contributed by atoms with E-state index in [2.05, 4.69) is 9.97 Å². The van der Waals surface area contributed by atoms with Crippen LogP contribution in [0.1, 0.15) is 12.1 Å². The zero-order valence-corrected chi connectivity index (χ0v) is 10.8. The minimum atomic E-state index is 0.00271. The Morgan fingerprint density at radius 1 is 1.26 bits per heavy atom. The predicted octanol–water partition coefficient (Wildman–Crippen LogP) is 1.65. The summed E-state index contributed by atoms with van der Waals surface area (Å²) in [5.74, 6) is 0.600. The second kappa shape index (κ2) is 5.95. The van der Waals surface area contributed by atoms with Crippen LogP contribution in [-0.4, -0.2) is 22.9 Å². The lowest BCUT2D eigenvalue weighted by atomic mass is 10.2. The summed E-state index contributed by atoms with van der Waals surface area (Å²) in [7, 11) is 1.71. The Balaban J connectivity index is 1.94. The van der Waals surface area contributed by atoms with E-state index in [-0.39, 0.29) is 5.91 Å². The van der Waals surface area contributed by atoms with Crippen LogP contribution in [0.4, 0.5) is 11.5 Å². The number of nitrogens with two attached hydrogens (primary N) is 1. The van der Waals surface area contributed by atoms with Gasteiger partial charge in [0.05, 0.1) is 11.9 Å². The molecule has 0 fully saturated rings. The molecule has 0 unspecified atom stereocenters. The van der Waals surface area contributed by atoms with Gasteiger partial charge in [-0.15, -0.1) is 0 Å². The summed E-state index contributed by atoms with van der Waals surface area (Å²) >= 11 is 0. The normalized spacial score (nSPS) is 10.2. The zero-order chi connectivity index (χ0) is 13.7. The van der Waals surface area contributed by atoms with Crippen molar-refractivity contribution in [3.63, 3.8) is 0 Å². The number of hydrogen-bond donors (Lipinski definition) is 1. The Bertz CT molecular complexity index is 539. The third-order valence-corrected chi connectivity index (χ3v) is 2.81. The van der Waals surface area contributed by atoms with Crippen LogP contribution >= 0.6 is 0 Å². The zero-order valence-electron chi connectivity index (χ0n) is 10.8. The van der Waals surface area contributed by atoms with Crippen molar-refractivity contribution in [3.8, 4) is 0 Å². The molecule has 0 aliphatic carbocycles.